The van der Waals surface area contributed by atoms with Crippen LogP contribution >= 0.6 is 0 Å². The van der Waals surface area contributed by atoms with Crippen molar-refractivity contribution < 1.29 is 9.53 Å². The summed E-state index contributed by atoms with van der Waals surface area (Å²) in [5, 5.41) is 2.97. The normalized spacial score (nSPS) is 18.4. The second-order valence-electron chi connectivity index (χ2n) is 10.2. The van der Waals surface area contributed by atoms with E-state index in [1.54, 1.807) is 7.11 Å². The molecule has 1 fully saturated rings. The zero-order chi connectivity index (χ0) is 25.8. The van der Waals surface area contributed by atoms with Crippen molar-refractivity contribution in [1.82, 2.24) is 15.0 Å². The maximum Gasteiger partial charge on any atom is 0.260 e. The molecule has 3 heterocycles. The molecule has 1 N–H and O–H groups in total. The van der Waals surface area contributed by atoms with Crippen molar-refractivity contribution in [3.8, 4) is 5.75 Å². The molecule has 8 nitrogen and oxygen atoms in total. The molecule has 2 aromatic carbocycles. The number of carbonyl (C=O) groups excluding carboxylic acids is 1. The lowest BCUT2D eigenvalue weighted by atomic mass is 9.91. The van der Waals surface area contributed by atoms with E-state index in [0.717, 1.165) is 61.5 Å². The van der Waals surface area contributed by atoms with Gasteiger partial charge in [-0.3, -0.25) is 10.1 Å². The Morgan fingerprint density at radius 1 is 0.973 bits per heavy atom. The van der Waals surface area contributed by atoms with Crippen LogP contribution in [0, 0.1) is 19.8 Å². The second-order valence-corrected chi connectivity index (χ2v) is 10.2. The second kappa shape index (κ2) is 11.2. The number of amides is 1. The SMILES string of the molecule is COc1ccc(CN2CCCCC3CCCN(C3)c3cc(C)ccc3C(=O)Nc3nc(C)nc2n3)cc1. The summed E-state index contributed by atoms with van der Waals surface area (Å²) < 4.78 is 5.32. The first-order chi connectivity index (χ1) is 18.0. The van der Waals surface area contributed by atoms with Gasteiger partial charge in [-0.2, -0.15) is 15.0 Å². The maximum atomic E-state index is 13.5. The van der Waals surface area contributed by atoms with Gasteiger partial charge in [0.2, 0.25) is 11.9 Å². The van der Waals surface area contributed by atoms with Crippen molar-refractivity contribution in [3.05, 3.63) is 65.0 Å². The van der Waals surface area contributed by atoms with Gasteiger partial charge >= 0.3 is 0 Å². The third-order valence-electron chi connectivity index (χ3n) is 7.32. The Morgan fingerprint density at radius 3 is 2.59 bits per heavy atom. The molecule has 0 radical (unpaired) electrons. The van der Waals surface area contributed by atoms with E-state index in [9.17, 15) is 4.79 Å². The minimum atomic E-state index is -0.190. The highest BCUT2D eigenvalue weighted by Gasteiger charge is 2.25. The molecule has 2 aliphatic heterocycles. The lowest BCUT2D eigenvalue weighted by Gasteiger charge is -2.35. The highest BCUT2D eigenvalue weighted by Crippen LogP contribution is 2.30. The summed E-state index contributed by atoms with van der Waals surface area (Å²) in [7, 11) is 1.67. The molecular formula is C29H36N6O2. The molecule has 2 aliphatic rings. The molecule has 1 unspecified atom stereocenters. The monoisotopic (exact) mass is 500 g/mol. The van der Waals surface area contributed by atoms with Crippen molar-refractivity contribution in [2.75, 3.05) is 41.9 Å². The van der Waals surface area contributed by atoms with E-state index in [1.165, 1.54) is 12.8 Å². The summed E-state index contributed by atoms with van der Waals surface area (Å²) in [6, 6.07) is 14.1. The van der Waals surface area contributed by atoms with Crippen LogP contribution in [0.25, 0.3) is 0 Å². The van der Waals surface area contributed by atoms with E-state index in [0.29, 0.717) is 29.8 Å². The molecule has 3 aromatic rings. The van der Waals surface area contributed by atoms with Gasteiger partial charge in [-0.05, 0) is 80.8 Å². The Labute approximate surface area is 219 Å². The molecule has 194 valence electrons. The minimum Gasteiger partial charge on any atom is -0.497 e. The topological polar surface area (TPSA) is 83.5 Å². The summed E-state index contributed by atoms with van der Waals surface area (Å²) in [4.78, 5) is 31.9. The molecular weight excluding hydrogens is 464 g/mol. The fourth-order valence-corrected chi connectivity index (χ4v) is 5.39. The van der Waals surface area contributed by atoms with E-state index in [4.69, 9.17) is 9.72 Å². The molecule has 4 bridgehead atoms. The number of ether oxygens (including phenoxy) is 1. The number of aromatic nitrogens is 3. The molecule has 1 amide bonds. The minimum absolute atomic E-state index is 0.190. The van der Waals surface area contributed by atoms with E-state index in [2.05, 4.69) is 50.2 Å². The van der Waals surface area contributed by atoms with Crippen LogP contribution in [0.2, 0.25) is 0 Å². The predicted octanol–water partition coefficient (Wildman–Crippen LogP) is 5.16. The molecule has 5 rings (SSSR count). The summed E-state index contributed by atoms with van der Waals surface area (Å²) in [6.45, 7) is 7.38. The number of aryl methyl sites for hydroxylation is 2. The first kappa shape index (κ1) is 25.0. The van der Waals surface area contributed by atoms with Crippen LogP contribution in [0.3, 0.4) is 0 Å². The zero-order valence-corrected chi connectivity index (χ0v) is 22.0. The summed E-state index contributed by atoms with van der Waals surface area (Å²) in [6.07, 6.45) is 5.77. The van der Waals surface area contributed by atoms with Gasteiger partial charge in [-0.25, -0.2) is 0 Å². The van der Waals surface area contributed by atoms with Crippen LogP contribution in [0.4, 0.5) is 17.6 Å². The summed E-state index contributed by atoms with van der Waals surface area (Å²) in [5.74, 6) is 2.72. The number of benzene rings is 2. The van der Waals surface area contributed by atoms with E-state index >= 15 is 0 Å². The highest BCUT2D eigenvalue weighted by molar-refractivity contribution is 6.07. The number of hydrogen-bond donors (Lipinski definition) is 1. The van der Waals surface area contributed by atoms with E-state index in [1.807, 2.05) is 31.2 Å². The van der Waals surface area contributed by atoms with E-state index in [-0.39, 0.29) is 11.9 Å². The lowest BCUT2D eigenvalue weighted by molar-refractivity contribution is 0.102. The van der Waals surface area contributed by atoms with Crippen LogP contribution in [0.5, 0.6) is 5.75 Å². The number of nitrogens with zero attached hydrogens (tertiary/aromatic N) is 5. The molecule has 1 atom stereocenters. The van der Waals surface area contributed by atoms with Gasteiger partial charge in [0, 0.05) is 31.9 Å². The molecule has 8 heteroatoms. The Hall–Kier alpha value is -3.68. The van der Waals surface area contributed by atoms with Crippen LogP contribution in [0.15, 0.2) is 42.5 Å². The van der Waals surface area contributed by atoms with Crippen molar-refractivity contribution in [2.45, 2.75) is 52.5 Å². The van der Waals surface area contributed by atoms with Crippen molar-refractivity contribution >= 4 is 23.5 Å². The van der Waals surface area contributed by atoms with Crippen LogP contribution in [-0.2, 0) is 6.54 Å². The van der Waals surface area contributed by atoms with Crippen LogP contribution in [0.1, 0.15) is 59.4 Å². The fraction of sp³-hybridized carbons (Fsp3) is 0.448. The maximum absolute atomic E-state index is 13.5. The smallest absolute Gasteiger partial charge is 0.260 e. The van der Waals surface area contributed by atoms with Gasteiger partial charge in [0.1, 0.15) is 11.6 Å². The van der Waals surface area contributed by atoms with Crippen molar-refractivity contribution in [1.29, 1.82) is 0 Å². The van der Waals surface area contributed by atoms with Gasteiger partial charge in [0.15, 0.2) is 0 Å². The quantitative estimate of drug-likeness (QED) is 0.532. The van der Waals surface area contributed by atoms with Gasteiger partial charge in [-0.15, -0.1) is 0 Å². The molecule has 1 saturated heterocycles. The van der Waals surface area contributed by atoms with Crippen molar-refractivity contribution in [3.63, 3.8) is 0 Å². The number of methoxy groups -OCH3 is 1. The van der Waals surface area contributed by atoms with Crippen LogP contribution in [-0.4, -0.2) is 47.6 Å². The van der Waals surface area contributed by atoms with Gasteiger partial charge in [0.05, 0.1) is 12.7 Å². The Bertz CT molecular complexity index is 1250. The Balaban J connectivity index is 1.49. The predicted molar refractivity (Wildman–Crippen MR) is 147 cm³/mol. The zero-order valence-electron chi connectivity index (χ0n) is 22.0. The third-order valence-corrected chi connectivity index (χ3v) is 7.32. The third kappa shape index (κ3) is 6.01. The highest BCUT2D eigenvalue weighted by atomic mass is 16.5. The average Bonchev–Trinajstić information content (AvgIpc) is 2.90. The van der Waals surface area contributed by atoms with Gasteiger partial charge in [-0.1, -0.05) is 24.6 Å². The number of nitrogens with one attached hydrogen (secondary N) is 1. The first-order valence-corrected chi connectivity index (χ1v) is 13.3. The van der Waals surface area contributed by atoms with Crippen LogP contribution < -0.4 is 19.9 Å². The largest absolute Gasteiger partial charge is 0.497 e. The lowest BCUT2D eigenvalue weighted by Crippen LogP contribution is -2.36. The number of carbonyl (C=O) groups is 1. The Morgan fingerprint density at radius 2 is 1.78 bits per heavy atom. The van der Waals surface area contributed by atoms with Gasteiger partial charge in [0.25, 0.3) is 5.91 Å². The first-order valence-electron chi connectivity index (χ1n) is 13.3. The summed E-state index contributed by atoms with van der Waals surface area (Å²) >= 11 is 0. The molecule has 1 aromatic heterocycles. The number of hydrogen-bond acceptors (Lipinski definition) is 7. The Kier molecular flexibility index (Phi) is 7.53. The molecule has 0 spiro atoms. The molecule has 0 aliphatic carbocycles. The average molecular weight is 501 g/mol. The number of rotatable bonds is 3. The molecule has 37 heavy (non-hydrogen) atoms. The van der Waals surface area contributed by atoms with Gasteiger partial charge < -0.3 is 14.5 Å². The summed E-state index contributed by atoms with van der Waals surface area (Å²) in [5.41, 5.74) is 3.97. The number of fused-ring (bicyclic) bond motifs is 6. The fourth-order valence-electron chi connectivity index (χ4n) is 5.39. The van der Waals surface area contributed by atoms with E-state index < -0.39 is 0 Å². The number of anilines is 3. The molecule has 0 saturated carbocycles. The van der Waals surface area contributed by atoms with Crippen molar-refractivity contribution in [2.24, 2.45) is 5.92 Å². The standard InChI is InChI=1S/C29H36N6O2/c1-20-9-14-25-26(17-20)34-16-6-8-22(18-34)7-4-5-15-35(19-23-10-12-24(37-3)13-11-23)29-31-21(2)30-28(33-29)32-27(25)36/h9-14,17,22H,4-8,15-16,18-19H2,1-3H3,(H,30,31,32,33,36). The number of piperidine rings is 1.